The molecule has 0 aliphatic heterocycles. The summed E-state index contributed by atoms with van der Waals surface area (Å²) in [6, 6.07) is 15.1. The molecule has 0 saturated heterocycles. The van der Waals surface area contributed by atoms with Gasteiger partial charge >= 0.3 is 0 Å². The van der Waals surface area contributed by atoms with Gasteiger partial charge in [0.2, 0.25) is 0 Å². The normalized spacial score (nSPS) is 10.8. The van der Waals surface area contributed by atoms with E-state index in [1.165, 1.54) is 11.4 Å². The highest BCUT2D eigenvalue weighted by Gasteiger charge is 2.22. The van der Waals surface area contributed by atoms with Gasteiger partial charge in [-0.05, 0) is 47.8 Å². The number of hydrogen-bond donors (Lipinski definition) is 2. The summed E-state index contributed by atoms with van der Waals surface area (Å²) in [6.07, 6.45) is 1.58. The number of aromatic nitrogens is 1. The molecule has 0 unspecified atom stereocenters. The third-order valence-electron chi connectivity index (χ3n) is 4.35. The van der Waals surface area contributed by atoms with Gasteiger partial charge in [-0.25, -0.2) is 13.4 Å². The van der Waals surface area contributed by atoms with Gasteiger partial charge in [0.25, 0.3) is 15.9 Å². The van der Waals surface area contributed by atoms with Crippen molar-refractivity contribution in [2.45, 2.75) is 4.21 Å². The third-order valence-corrected chi connectivity index (χ3v) is 7.51. The first-order valence-electron chi connectivity index (χ1n) is 9.53. The number of benzene rings is 1. The molecule has 1 aromatic carbocycles. The van der Waals surface area contributed by atoms with Gasteiger partial charge in [0.05, 0.1) is 11.3 Å². The summed E-state index contributed by atoms with van der Waals surface area (Å²) in [4.78, 5) is 16.1. The number of thiophene rings is 1. The Bertz CT molecular complexity index is 1190. The molecule has 2 heterocycles. The third kappa shape index (κ3) is 5.75. The van der Waals surface area contributed by atoms with E-state index in [1.807, 2.05) is 6.07 Å². The number of hydrogen-bond acceptors (Lipinski definition) is 8. The Morgan fingerprint density at radius 2 is 1.97 bits per heavy atom. The molecule has 0 spiro atoms. The summed E-state index contributed by atoms with van der Waals surface area (Å²) in [7, 11) is -2.12. The predicted molar refractivity (Wildman–Crippen MR) is 122 cm³/mol. The molecule has 2 aromatic heterocycles. The minimum absolute atomic E-state index is 0.185. The summed E-state index contributed by atoms with van der Waals surface area (Å²) < 4.78 is 32.1. The molecule has 9 nitrogen and oxygen atoms in total. The molecule has 0 fully saturated rings. The Labute approximate surface area is 190 Å². The van der Waals surface area contributed by atoms with Gasteiger partial charge < -0.3 is 15.4 Å². The van der Waals surface area contributed by atoms with E-state index in [2.05, 4.69) is 15.6 Å². The fraction of sp³-hybridized carbons (Fsp3) is 0.190. The number of sulfonamides is 1. The van der Waals surface area contributed by atoms with Crippen LogP contribution in [0.5, 0.6) is 5.75 Å². The van der Waals surface area contributed by atoms with Crippen LogP contribution in [0.3, 0.4) is 0 Å². The molecule has 0 atom stereocenters. The zero-order valence-electron chi connectivity index (χ0n) is 17.2. The number of pyridine rings is 1. The Morgan fingerprint density at radius 1 is 1.19 bits per heavy atom. The van der Waals surface area contributed by atoms with E-state index in [0.29, 0.717) is 35.9 Å². The lowest BCUT2D eigenvalue weighted by Crippen LogP contribution is -2.32. The highest BCUT2D eigenvalue weighted by atomic mass is 32.2. The van der Waals surface area contributed by atoms with E-state index < -0.39 is 10.0 Å². The molecule has 0 radical (unpaired) electrons. The van der Waals surface area contributed by atoms with Gasteiger partial charge in [-0.2, -0.15) is 5.26 Å². The molecule has 0 bridgehead atoms. The topological polar surface area (TPSA) is 124 Å². The zero-order chi connectivity index (χ0) is 23.0. The summed E-state index contributed by atoms with van der Waals surface area (Å²) in [6.45, 7) is 0.542. The number of nitrogens with zero attached hydrogens (tertiary/aromatic N) is 3. The van der Waals surface area contributed by atoms with Crippen LogP contribution in [-0.2, 0) is 14.8 Å². The van der Waals surface area contributed by atoms with Crippen molar-refractivity contribution in [3.63, 3.8) is 0 Å². The molecule has 32 heavy (non-hydrogen) atoms. The van der Waals surface area contributed by atoms with E-state index in [4.69, 9.17) is 10.00 Å². The lowest BCUT2D eigenvalue weighted by molar-refractivity contribution is -0.123. The Balaban J connectivity index is 1.44. The second-order valence-corrected chi connectivity index (χ2v) is 9.62. The number of rotatable bonds is 10. The zero-order valence-corrected chi connectivity index (χ0v) is 18.8. The largest absolute Gasteiger partial charge is 0.484 e. The van der Waals surface area contributed by atoms with E-state index in [0.717, 1.165) is 11.3 Å². The van der Waals surface area contributed by atoms with E-state index >= 15 is 0 Å². The summed E-state index contributed by atoms with van der Waals surface area (Å²) in [5.74, 6) is 0.595. The minimum Gasteiger partial charge on any atom is -0.484 e. The van der Waals surface area contributed by atoms with Crippen LogP contribution in [0.25, 0.3) is 0 Å². The van der Waals surface area contributed by atoms with Crippen LogP contribution in [0, 0.1) is 11.3 Å². The molecule has 0 aliphatic carbocycles. The first-order chi connectivity index (χ1) is 15.4. The molecule has 0 saturated carbocycles. The summed E-state index contributed by atoms with van der Waals surface area (Å²) >= 11 is 1.15. The lowest BCUT2D eigenvalue weighted by Gasteiger charge is -2.18. The average molecular weight is 472 g/mol. The van der Waals surface area contributed by atoms with Gasteiger partial charge in [0, 0.05) is 26.3 Å². The van der Waals surface area contributed by atoms with Crippen LogP contribution in [0.15, 0.2) is 64.3 Å². The summed E-state index contributed by atoms with van der Waals surface area (Å²) in [5, 5.41) is 16.4. The number of nitrogens with one attached hydrogen (secondary N) is 2. The lowest BCUT2D eigenvalue weighted by atomic mass is 10.3. The second-order valence-electron chi connectivity index (χ2n) is 6.48. The van der Waals surface area contributed by atoms with Crippen molar-refractivity contribution in [2.24, 2.45) is 0 Å². The standard InChI is InChI=1S/C21H21N5O4S2/c1-26(32(28,29)20-5-3-13-31-20)17-6-8-18(9-7-17)30-15-19(27)23-11-12-25-21-16(14-22)4-2-10-24-21/h2-10,13H,11-12,15H2,1H3,(H,23,27)(H,24,25). The first kappa shape index (κ1) is 23.1. The smallest absolute Gasteiger partial charge is 0.273 e. The van der Waals surface area contributed by atoms with Gasteiger partial charge in [0.1, 0.15) is 21.8 Å². The molecule has 3 aromatic rings. The Hall–Kier alpha value is -3.62. The number of carbonyl (C=O) groups excluding carboxylic acids is 1. The van der Waals surface area contributed by atoms with Crippen LogP contribution >= 0.6 is 11.3 Å². The molecular weight excluding hydrogens is 450 g/mol. The van der Waals surface area contributed by atoms with Gasteiger partial charge in [-0.1, -0.05) is 6.07 Å². The van der Waals surface area contributed by atoms with Crippen molar-refractivity contribution in [1.82, 2.24) is 10.3 Å². The number of anilines is 2. The monoisotopic (exact) mass is 471 g/mol. The molecule has 2 N–H and O–H groups in total. The highest BCUT2D eigenvalue weighted by Crippen LogP contribution is 2.26. The fourth-order valence-electron chi connectivity index (χ4n) is 2.66. The van der Waals surface area contributed by atoms with Crippen molar-refractivity contribution in [3.05, 3.63) is 65.7 Å². The number of ether oxygens (including phenoxy) is 1. The average Bonchev–Trinajstić information content (AvgIpc) is 3.36. The van der Waals surface area contributed by atoms with Gasteiger partial charge in [-0.3, -0.25) is 9.10 Å². The van der Waals surface area contributed by atoms with Crippen LogP contribution in [0.1, 0.15) is 5.56 Å². The molecule has 0 aliphatic rings. The van der Waals surface area contributed by atoms with E-state index in [-0.39, 0.29) is 16.7 Å². The van der Waals surface area contributed by atoms with Crippen molar-refractivity contribution in [3.8, 4) is 11.8 Å². The fourth-order valence-corrected chi connectivity index (χ4v) is 5.01. The Morgan fingerprint density at radius 3 is 2.66 bits per heavy atom. The van der Waals surface area contributed by atoms with Crippen LogP contribution in [0.2, 0.25) is 0 Å². The predicted octanol–water partition coefficient (Wildman–Crippen LogP) is 2.45. The van der Waals surface area contributed by atoms with Crippen LogP contribution in [0.4, 0.5) is 11.5 Å². The summed E-state index contributed by atoms with van der Waals surface area (Å²) in [5.41, 5.74) is 0.909. The quantitative estimate of drug-likeness (QED) is 0.435. The van der Waals surface area contributed by atoms with Crippen LogP contribution < -0.4 is 19.7 Å². The Kier molecular flexibility index (Phi) is 7.64. The highest BCUT2D eigenvalue weighted by molar-refractivity contribution is 7.94. The van der Waals surface area contributed by atoms with Crippen molar-refractivity contribution in [1.29, 1.82) is 5.26 Å². The maximum absolute atomic E-state index is 12.6. The van der Waals surface area contributed by atoms with Crippen molar-refractivity contribution in [2.75, 3.05) is 36.4 Å². The van der Waals surface area contributed by atoms with Gasteiger partial charge in [-0.15, -0.1) is 11.3 Å². The molecule has 166 valence electrons. The van der Waals surface area contributed by atoms with Crippen molar-refractivity contribution < 1.29 is 17.9 Å². The SMILES string of the molecule is CN(c1ccc(OCC(=O)NCCNc2ncccc2C#N)cc1)S(=O)(=O)c1cccs1. The van der Waals surface area contributed by atoms with E-state index in [1.54, 1.807) is 60.1 Å². The molecule has 3 rings (SSSR count). The van der Waals surface area contributed by atoms with E-state index in [9.17, 15) is 13.2 Å². The first-order valence-corrected chi connectivity index (χ1v) is 11.8. The number of nitriles is 1. The molecule has 11 heteroatoms. The minimum atomic E-state index is -3.61. The van der Waals surface area contributed by atoms with Crippen LogP contribution in [-0.4, -0.2) is 46.1 Å². The maximum atomic E-state index is 12.6. The molecule has 1 amide bonds. The number of amides is 1. The number of carbonyl (C=O) groups is 1. The molecular formula is C21H21N5O4S2. The second kappa shape index (κ2) is 10.6. The van der Waals surface area contributed by atoms with Crippen molar-refractivity contribution >= 4 is 38.8 Å². The maximum Gasteiger partial charge on any atom is 0.273 e. The van der Waals surface area contributed by atoms with Gasteiger partial charge in [0.15, 0.2) is 6.61 Å².